The average Bonchev–Trinajstić information content (AvgIpc) is 2.95. The molecular weight excluding hydrogens is 278 g/mol. The molecule has 1 aromatic heterocycles. The molecule has 0 unspecified atom stereocenters. The standard InChI is InChI=1S/C16H27N5O/c1-18-7-9-20(10-8-18)16(22)13-19(2)11-14-3-4-15-17-5-6-21(15)12-14/h5-6,14H,3-4,7-13H2,1-2H3/t14-/m0/s1. The molecule has 0 bridgehead atoms. The van der Waals surface area contributed by atoms with E-state index in [4.69, 9.17) is 0 Å². The Morgan fingerprint density at radius 1 is 1.36 bits per heavy atom. The number of fused-ring (bicyclic) bond motifs is 1. The van der Waals surface area contributed by atoms with Gasteiger partial charge in [0, 0.05) is 58.1 Å². The molecule has 6 heteroatoms. The summed E-state index contributed by atoms with van der Waals surface area (Å²) in [5, 5.41) is 0. The Balaban J connectivity index is 1.44. The molecule has 1 atom stereocenters. The Hall–Kier alpha value is -1.40. The average molecular weight is 305 g/mol. The van der Waals surface area contributed by atoms with Crippen molar-refractivity contribution in [1.82, 2.24) is 24.3 Å². The maximum absolute atomic E-state index is 12.4. The van der Waals surface area contributed by atoms with E-state index < -0.39 is 0 Å². The number of hydrogen-bond donors (Lipinski definition) is 0. The largest absolute Gasteiger partial charge is 0.339 e. The topological polar surface area (TPSA) is 44.6 Å². The minimum atomic E-state index is 0.273. The minimum Gasteiger partial charge on any atom is -0.339 e. The maximum Gasteiger partial charge on any atom is 0.236 e. The molecule has 0 saturated carbocycles. The molecule has 6 nitrogen and oxygen atoms in total. The third kappa shape index (κ3) is 3.67. The molecule has 1 amide bonds. The number of nitrogens with zero attached hydrogens (tertiary/aromatic N) is 5. The summed E-state index contributed by atoms with van der Waals surface area (Å²) in [4.78, 5) is 23.2. The van der Waals surface area contributed by atoms with Crippen LogP contribution in [0.4, 0.5) is 0 Å². The van der Waals surface area contributed by atoms with Crippen LogP contribution in [0, 0.1) is 5.92 Å². The summed E-state index contributed by atoms with van der Waals surface area (Å²) in [6.07, 6.45) is 6.18. The fourth-order valence-electron chi connectivity index (χ4n) is 3.48. The highest BCUT2D eigenvalue weighted by molar-refractivity contribution is 5.78. The van der Waals surface area contributed by atoms with E-state index >= 15 is 0 Å². The van der Waals surface area contributed by atoms with Crippen LogP contribution in [0.15, 0.2) is 12.4 Å². The van der Waals surface area contributed by atoms with E-state index in [0.29, 0.717) is 12.5 Å². The number of imidazole rings is 1. The monoisotopic (exact) mass is 305 g/mol. The molecule has 1 saturated heterocycles. The van der Waals surface area contributed by atoms with Crippen molar-refractivity contribution < 1.29 is 4.79 Å². The number of hydrogen-bond acceptors (Lipinski definition) is 4. The fourth-order valence-corrected chi connectivity index (χ4v) is 3.48. The van der Waals surface area contributed by atoms with Crippen molar-refractivity contribution in [2.45, 2.75) is 19.4 Å². The number of carbonyl (C=O) groups excluding carboxylic acids is 1. The highest BCUT2D eigenvalue weighted by Crippen LogP contribution is 2.19. The molecule has 0 aromatic carbocycles. The predicted molar refractivity (Wildman–Crippen MR) is 85.6 cm³/mol. The van der Waals surface area contributed by atoms with Gasteiger partial charge in [-0.05, 0) is 26.4 Å². The Morgan fingerprint density at radius 3 is 2.91 bits per heavy atom. The van der Waals surface area contributed by atoms with Crippen molar-refractivity contribution >= 4 is 5.91 Å². The van der Waals surface area contributed by atoms with Crippen LogP contribution in [0.25, 0.3) is 0 Å². The lowest BCUT2D eigenvalue weighted by atomic mass is 9.99. The number of amides is 1. The Morgan fingerprint density at radius 2 is 2.14 bits per heavy atom. The molecule has 0 N–H and O–H groups in total. The van der Waals surface area contributed by atoms with Gasteiger partial charge in [0.15, 0.2) is 0 Å². The number of likely N-dealkylation sites (N-methyl/N-ethyl adjacent to an activating group) is 2. The third-order valence-corrected chi connectivity index (χ3v) is 4.86. The zero-order valence-electron chi connectivity index (χ0n) is 13.7. The van der Waals surface area contributed by atoms with Crippen LogP contribution in [-0.4, -0.2) is 83.5 Å². The lowest BCUT2D eigenvalue weighted by Crippen LogP contribution is -2.50. The molecule has 0 radical (unpaired) electrons. The molecule has 122 valence electrons. The van der Waals surface area contributed by atoms with Crippen LogP contribution in [0.1, 0.15) is 12.2 Å². The van der Waals surface area contributed by atoms with Gasteiger partial charge in [-0.15, -0.1) is 0 Å². The predicted octanol–water partition coefficient (Wildman–Crippen LogP) is 0.151. The summed E-state index contributed by atoms with van der Waals surface area (Å²) in [5.41, 5.74) is 0. The smallest absolute Gasteiger partial charge is 0.236 e. The van der Waals surface area contributed by atoms with Crippen molar-refractivity contribution in [3.8, 4) is 0 Å². The molecule has 1 fully saturated rings. The quantitative estimate of drug-likeness (QED) is 0.794. The summed E-state index contributed by atoms with van der Waals surface area (Å²) >= 11 is 0. The van der Waals surface area contributed by atoms with Gasteiger partial charge in [0.05, 0.1) is 6.54 Å². The van der Waals surface area contributed by atoms with Crippen molar-refractivity contribution in [1.29, 1.82) is 0 Å². The van der Waals surface area contributed by atoms with E-state index in [2.05, 4.69) is 39.6 Å². The van der Waals surface area contributed by atoms with Crippen LogP contribution in [0.2, 0.25) is 0 Å². The Kier molecular flexibility index (Phi) is 4.78. The van der Waals surface area contributed by atoms with E-state index in [1.807, 2.05) is 11.1 Å². The van der Waals surface area contributed by atoms with Crippen molar-refractivity contribution in [2.24, 2.45) is 5.92 Å². The van der Waals surface area contributed by atoms with E-state index in [-0.39, 0.29) is 5.91 Å². The summed E-state index contributed by atoms with van der Waals surface area (Å²) in [6, 6.07) is 0. The van der Waals surface area contributed by atoms with Gasteiger partial charge in [-0.1, -0.05) is 0 Å². The summed E-state index contributed by atoms with van der Waals surface area (Å²) < 4.78 is 2.25. The summed E-state index contributed by atoms with van der Waals surface area (Å²) in [6.45, 7) is 6.26. The number of rotatable bonds is 4. The Labute approximate surface area is 132 Å². The van der Waals surface area contributed by atoms with Crippen molar-refractivity contribution in [2.75, 3.05) is 53.4 Å². The van der Waals surface area contributed by atoms with E-state index in [1.54, 1.807) is 0 Å². The van der Waals surface area contributed by atoms with Crippen LogP contribution in [0.3, 0.4) is 0 Å². The molecule has 3 heterocycles. The van der Waals surface area contributed by atoms with E-state index in [0.717, 1.165) is 45.7 Å². The minimum absolute atomic E-state index is 0.273. The van der Waals surface area contributed by atoms with Crippen molar-refractivity contribution in [3.05, 3.63) is 18.2 Å². The fraction of sp³-hybridized carbons (Fsp3) is 0.750. The SMILES string of the molecule is CN1CCN(C(=O)CN(C)C[C@@H]2CCc3nccn3C2)CC1. The van der Waals surface area contributed by atoms with E-state index in [9.17, 15) is 4.79 Å². The lowest BCUT2D eigenvalue weighted by molar-refractivity contribution is -0.133. The lowest BCUT2D eigenvalue weighted by Gasteiger charge is -2.34. The first-order valence-electron chi connectivity index (χ1n) is 8.26. The molecule has 3 rings (SSSR count). The number of aryl methyl sites for hydroxylation is 1. The van der Waals surface area contributed by atoms with Gasteiger partial charge in [0.25, 0.3) is 0 Å². The highest BCUT2D eigenvalue weighted by Gasteiger charge is 2.23. The molecule has 2 aliphatic rings. The normalized spacial score (nSPS) is 22.9. The Bertz CT molecular complexity index is 506. The van der Waals surface area contributed by atoms with Gasteiger partial charge in [0.1, 0.15) is 5.82 Å². The van der Waals surface area contributed by atoms with Crippen LogP contribution < -0.4 is 0 Å². The highest BCUT2D eigenvalue weighted by atomic mass is 16.2. The zero-order valence-corrected chi connectivity index (χ0v) is 13.7. The molecule has 0 aliphatic carbocycles. The first-order chi connectivity index (χ1) is 10.6. The van der Waals surface area contributed by atoms with Crippen LogP contribution in [0.5, 0.6) is 0 Å². The number of aromatic nitrogens is 2. The molecule has 22 heavy (non-hydrogen) atoms. The summed E-state index contributed by atoms with van der Waals surface area (Å²) in [5.74, 6) is 2.09. The number of piperazine rings is 1. The van der Waals surface area contributed by atoms with Crippen LogP contribution >= 0.6 is 0 Å². The first kappa shape index (κ1) is 15.5. The molecular formula is C16H27N5O. The molecule has 1 aromatic rings. The van der Waals surface area contributed by atoms with Gasteiger partial charge in [-0.2, -0.15) is 0 Å². The second-order valence-corrected chi connectivity index (χ2v) is 6.78. The van der Waals surface area contributed by atoms with Gasteiger partial charge in [-0.25, -0.2) is 4.98 Å². The second-order valence-electron chi connectivity index (χ2n) is 6.78. The van der Waals surface area contributed by atoms with Crippen molar-refractivity contribution in [3.63, 3.8) is 0 Å². The number of carbonyl (C=O) groups is 1. The van der Waals surface area contributed by atoms with Gasteiger partial charge >= 0.3 is 0 Å². The van der Waals surface area contributed by atoms with E-state index in [1.165, 1.54) is 12.2 Å². The third-order valence-electron chi connectivity index (χ3n) is 4.86. The zero-order chi connectivity index (χ0) is 15.5. The summed E-state index contributed by atoms with van der Waals surface area (Å²) in [7, 11) is 4.18. The first-order valence-corrected chi connectivity index (χ1v) is 8.26. The van der Waals surface area contributed by atoms with Crippen LogP contribution in [-0.2, 0) is 17.8 Å². The maximum atomic E-state index is 12.4. The molecule has 0 spiro atoms. The van der Waals surface area contributed by atoms with Gasteiger partial charge < -0.3 is 14.4 Å². The molecule has 2 aliphatic heterocycles. The van der Waals surface area contributed by atoms with Gasteiger partial charge in [-0.3, -0.25) is 9.69 Å². The second kappa shape index (κ2) is 6.79. The van der Waals surface area contributed by atoms with Gasteiger partial charge in [0.2, 0.25) is 5.91 Å².